The van der Waals surface area contributed by atoms with Crippen molar-refractivity contribution in [1.29, 1.82) is 0 Å². The number of rotatable bonds is 7. The SMILES string of the molecule is COc1ccc(CCN2CCN(C(C)C(=O)Nc3ccc4c(c3)OCCO4)CC2)cc1. The lowest BCUT2D eigenvalue weighted by Gasteiger charge is -2.37. The van der Waals surface area contributed by atoms with Crippen LogP contribution in [0.1, 0.15) is 12.5 Å². The van der Waals surface area contributed by atoms with Gasteiger partial charge >= 0.3 is 0 Å². The molecule has 1 unspecified atom stereocenters. The van der Waals surface area contributed by atoms with Crippen LogP contribution in [0.4, 0.5) is 5.69 Å². The van der Waals surface area contributed by atoms with E-state index in [1.165, 1.54) is 5.56 Å². The summed E-state index contributed by atoms with van der Waals surface area (Å²) in [6.45, 7) is 7.80. The van der Waals surface area contributed by atoms with Crippen LogP contribution in [0.15, 0.2) is 42.5 Å². The van der Waals surface area contributed by atoms with E-state index in [0.717, 1.165) is 56.3 Å². The first-order chi connectivity index (χ1) is 15.1. The molecule has 7 heteroatoms. The van der Waals surface area contributed by atoms with Gasteiger partial charge in [-0.1, -0.05) is 12.1 Å². The Balaban J connectivity index is 1.23. The topological polar surface area (TPSA) is 63.3 Å². The number of hydrogen-bond acceptors (Lipinski definition) is 6. The summed E-state index contributed by atoms with van der Waals surface area (Å²) in [7, 11) is 1.69. The Labute approximate surface area is 183 Å². The number of hydrogen-bond donors (Lipinski definition) is 1. The second-order valence-electron chi connectivity index (χ2n) is 8.00. The first-order valence-corrected chi connectivity index (χ1v) is 10.9. The van der Waals surface area contributed by atoms with Gasteiger partial charge < -0.3 is 24.4 Å². The van der Waals surface area contributed by atoms with Crippen LogP contribution in [0.2, 0.25) is 0 Å². The van der Waals surface area contributed by atoms with E-state index in [1.54, 1.807) is 7.11 Å². The van der Waals surface area contributed by atoms with E-state index in [4.69, 9.17) is 14.2 Å². The minimum atomic E-state index is -0.183. The fraction of sp³-hybridized carbons (Fsp3) is 0.458. The van der Waals surface area contributed by atoms with E-state index in [9.17, 15) is 4.79 Å². The first kappa shape index (κ1) is 21.5. The van der Waals surface area contributed by atoms with E-state index >= 15 is 0 Å². The van der Waals surface area contributed by atoms with E-state index in [2.05, 4.69) is 27.2 Å². The zero-order valence-electron chi connectivity index (χ0n) is 18.3. The zero-order chi connectivity index (χ0) is 21.6. The van der Waals surface area contributed by atoms with Gasteiger partial charge in [-0.15, -0.1) is 0 Å². The predicted molar refractivity (Wildman–Crippen MR) is 120 cm³/mol. The molecule has 2 aliphatic rings. The summed E-state index contributed by atoms with van der Waals surface area (Å²) in [6.07, 6.45) is 1.02. The first-order valence-electron chi connectivity index (χ1n) is 10.9. The van der Waals surface area contributed by atoms with Gasteiger partial charge in [-0.25, -0.2) is 0 Å². The fourth-order valence-electron chi connectivity index (χ4n) is 3.99. The molecule has 0 radical (unpaired) electrons. The van der Waals surface area contributed by atoms with Crippen molar-refractivity contribution in [3.63, 3.8) is 0 Å². The van der Waals surface area contributed by atoms with Crippen molar-refractivity contribution in [3.05, 3.63) is 48.0 Å². The summed E-state index contributed by atoms with van der Waals surface area (Å²) in [5.41, 5.74) is 2.05. The second-order valence-corrected chi connectivity index (χ2v) is 8.00. The Bertz CT molecular complexity index is 879. The molecule has 166 valence electrons. The number of fused-ring (bicyclic) bond motifs is 1. The van der Waals surface area contributed by atoms with Gasteiger partial charge in [0.15, 0.2) is 11.5 Å². The van der Waals surface area contributed by atoms with E-state index in [0.29, 0.717) is 19.0 Å². The molecule has 1 N–H and O–H groups in total. The molecule has 4 rings (SSSR count). The Hall–Kier alpha value is -2.77. The van der Waals surface area contributed by atoms with Crippen LogP contribution in [0.5, 0.6) is 17.2 Å². The maximum Gasteiger partial charge on any atom is 0.241 e. The van der Waals surface area contributed by atoms with Crippen molar-refractivity contribution >= 4 is 11.6 Å². The minimum Gasteiger partial charge on any atom is -0.497 e. The van der Waals surface area contributed by atoms with Gasteiger partial charge in [0.1, 0.15) is 19.0 Å². The number of ether oxygens (including phenoxy) is 3. The molecule has 0 aliphatic carbocycles. The van der Waals surface area contributed by atoms with Crippen molar-refractivity contribution in [2.45, 2.75) is 19.4 Å². The molecular weight excluding hydrogens is 394 g/mol. The highest BCUT2D eigenvalue weighted by Gasteiger charge is 2.26. The van der Waals surface area contributed by atoms with Crippen LogP contribution < -0.4 is 19.5 Å². The summed E-state index contributed by atoms with van der Waals surface area (Å²) >= 11 is 0. The zero-order valence-corrected chi connectivity index (χ0v) is 18.3. The summed E-state index contributed by atoms with van der Waals surface area (Å²) in [5.74, 6) is 2.30. The Morgan fingerprint density at radius 2 is 1.74 bits per heavy atom. The number of anilines is 1. The molecule has 7 nitrogen and oxygen atoms in total. The number of methoxy groups -OCH3 is 1. The quantitative estimate of drug-likeness (QED) is 0.736. The molecule has 2 aromatic rings. The Morgan fingerprint density at radius 1 is 1.03 bits per heavy atom. The summed E-state index contributed by atoms with van der Waals surface area (Å²) in [6, 6.07) is 13.6. The molecule has 0 bridgehead atoms. The highest BCUT2D eigenvalue weighted by atomic mass is 16.6. The standard InChI is InChI=1S/C24H31N3O4/c1-18(24(28)25-20-5-8-22-23(17-20)31-16-15-30-22)27-13-11-26(12-14-27)10-9-19-3-6-21(29-2)7-4-19/h3-8,17-18H,9-16H2,1-2H3,(H,25,28). The molecule has 1 saturated heterocycles. The number of piperazine rings is 1. The third-order valence-electron chi connectivity index (χ3n) is 6.02. The molecule has 1 amide bonds. The molecule has 1 fully saturated rings. The van der Waals surface area contributed by atoms with Crippen molar-refractivity contribution in [2.75, 3.05) is 58.4 Å². The predicted octanol–water partition coefficient (Wildman–Crippen LogP) is 2.65. The third-order valence-corrected chi connectivity index (χ3v) is 6.02. The van der Waals surface area contributed by atoms with Gasteiger partial charge in [-0.05, 0) is 43.2 Å². The van der Waals surface area contributed by atoms with Crippen LogP contribution in [0, 0.1) is 0 Å². The highest BCUT2D eigenvalue weighted by molar-refractivity contribution is 5.94. The summed E-state index contributed by atoms with van der Waals surface area (Å²) in [4.78, 5) is 17.5. The van der Waals surface area contributed by atoms with Gasteiger partial charge in [-0.2, -0.15) is 0 Å². The van der Waals surface area contributed by atoms with Crippen LogP contribution in [-0.2, 0) is 11.2 Å². The minimum absolute atomic E-state index is 0.00311. The van der Waals surface area contributed by atoms with Gasteiger partial charge in [0.25, 0.3) is 0 Å². The molecule has 2 heterocycles. The monoisotopic (exact) mass is 425 g/mol. The number of carbonyl (C=O) groups is 1. The molecule has 31 heavy (non-hydrogen) atoms. The average Bonchev–Trinajstić information content (AvgIpc) is 2.83. The molecule has 0 saturated carbocycles. The molecule has 0 spiro atoms. The normalized spacial score (nSPS) is 17.7. The molecule has 1 atom stereocenters. The molecular formula is C24H31N3O4. The van der Waals surface area contributed by atoms with Crippen LogP contribution in [-0.4, -0.2) is 74.8 Å². The number of carbonyl (C=O) groups excluding carboxylic acids is 1. The van der Waals surface area contributed by atoms with Crippen LogP contribution >= 0.6 is 0 Å². The lowest BCUT2D eigenvalue weighted by molar-refractivity contribution is -0.121. The average molecular weight is 426 g/mol. The van der Waals surface area contributed by atoms with Gasteiger partial charge in [0, 0.05) is 44.5 Å². The Morgan fingerprint density at radius 3 is 2.45 bits per heavy atom. The van der Waals surface area contributed by atoms with Crippen molar-refractivity contribution < 1.29 is 19.0 Å². The van der Waals surface area contributed by atoms with Crippen molar-refractivity contribution in [1.82, 2.24) is 9.80 Å². The summed E-state index contributed by atoms with van der Waals surface area (Å²) < 4.78 is 16.4. The molecule has 2 aliphatic heterocycles. The Kier molecular flexibility index (Phi) is 6.94. The fourth-order valence-corrected chi connectivity index (χ4v) is 3.99. The lowest BCUT2D eigenvalue weighted by Crippen LogP contribution is -2.53. The largest absolute Gasteiger partial charge is 0.497 e. The van der Waals surface area contributed by atoms with E-state index < -0.39 is 0 Å². The van der Waals surface area contributed by atoms with Crippen LogP contribution in [0.25, 0.3) is 0 Å². The number of benzene rings is 2. The number of nitrogens with zero attached hydrogens (tertiary/aromatic N) is 2. The maximum absolute atomic E-state index is 12.8. The van der Waals surface area contributed by atoms with E-state index in [1.807, 2.05) is 37.3 Å². The second kappa shape index (κ2) is 10.0. The van der Waals surface area contributed by atoms with Crippen molar-refractivity contribution in [3.8, 4) is 17.2 Å². The smallest absolute Gasteiger partial charge is 0.241 e. The molecule has 0 aromatic heterocycles. The van der Waals surface area contributed by atoms with Gasteiger partial charge in [0.05, 0.1) is 13.2 Å². The van der Waals surface area contributed by atoms with E-state index in [-0.39, 0.29) is 11.9 Å². The highest BCUT2D eigenvalue weighted by Crippen LogP contribution is 2.32. The lowest BCUT2D eigenvalue weighted by atomic mass is 10.1. The summed E-state index contributed by atoms with van der Waals surface area (Å²) in [5, 5.41) is 3.02. The van der Waals surface area contributed by atoms with Crippen LogP contribution in [0.3, 0.4) is 0 Å². The maximum atomic E-state index is 12.8. The molecule has 2 aromatic carbocycles. The van der Waals surface area contributed by atoms with Crippen molar-refractivity contribution in [2.24, 2.45) is 0 Å². The van der Waals surface area contributed by atoms with Gasteiger partial charge in [-0.3, -0.25) is 9.69 Å². The van der Waals surface area contributed by atoms with Gasteiger partial charge in [0.2, 0.25) is 5.91 Å². The number of amides is 1. The third kappa shape index (κ3) is 5.48. The number of nitrogens with one attached hydrogen (secondary N) is 1.